The van der Waals surface area contributed by atoms with Crippen LogP contribution in [0.1, 0.15) is 12.5 Å². The van der Waals surface area contributed by atoms with E-state index in [1.807, 2.05) is 30.3 Å². The molecular formula is C17H18FN3O3S. The molecule has 0 fully saturated rings. The molecule has 0 radical (unpaired) electrons. The molecule has 0 unspecified atom stereocenters. The van der Waals surface area contributed by atoms with Crippen molar-refractivity contribution in [2.75, 3.05) is 17.1 Å². The number of hydrazone groups is 1. The third-order valence-electron chi connectivity index (χ3n) is 3.35. The first-order valence-electron chi connectivity index (χ1n) is 7.40. The van der Waals surface area contributed by atoms with E-state index in [2.05, 4.69) is 10.5 Å². The molecule has 0 saturated heterocycles. The molecule has 0 aromatic heterocycles. The van der Waals surface area contributed by atoms with Gasteiger partial charge in [0.15, 0.2) is 0 Å². The first-order chi connectivity index (χ1) is 11.8. The minimum absolute atomic E-state index is 0.191. The Labute approximate surface area is 146 Å². The molecule has 6 nitrogen and oxygen atoms in total. The van der Waals surface area contributed by atoms with E-state index in [4.69, 9.17) is 0 Å². The number of hydrogen-bond acceptors (Lipinski definition) is 4. The molecule has 2 aromatic rings. The summed E-state index contributed by atoms with van der Waals surface area (Å²) in [5.41, 5.74) is 3.48. The number of halogens is 1. The van der Waals surface area contributed by atoms with Gasteiger partial charge in [-0.3, -0.25) is 9.10 Å². The monoisotopic (exact) mass is 363 g/mol. The SMILES string of the molecule is C/C(=N/NC(=O)CN(c1ccccc1F)S(C)(=O)=O)c1ccccc1. The fourth-order valence-corrected chi connectivity index (χ4v) is 2.95. The predicted octanol–water partition coefficient (Wildman–Crippen LogP) is 2.13. The molecule has 0 aliphatic heterocycles. The van der Waals surface area contributed by atoms with E-state index in [9.17, 15) is 17.6 Å². The zero-order valence-corrected chi connectivity index (χ0v) is 14.6. The van der Waals surface area contributed by atoms with E-state index in [0.29, 0.717) is 10.0 Å². The zero-order chi connectivity index (χ0) is 18.4. The smallest absolute Gasteiger partial charge is 0.260 e. The Hall–Kier alpha value is -2.74. The second-order valence-electron chi connectivity index (χ2n) is 5.32. The quantitative estimate of drug-likeness (QED) is 0.631. The fraction of sp³-hybridized carbons (Fsp3) is 0.176. The molecule has 2 aromatic carbocycles. The highest BCUT2D eigenvalue weighted by atomic mass is 32.2. The summed E-state index contributed by atoms with van der Waals surface area (Å²) in [5, 5.41) is 3.95. The number of nitrogens with one attached hydrogen (secondary N) is 1. The lowest BCUT2D eigenvalue weighted by molar-refractivity contribution is -0.119. The Morgan fingerprint density at radius 1 is 1.12 bits per heavy atom. The van der Waals surface area contributed by atoms with Gasteiger partial charge < -0.3 is 0 Å². The lowest BCUT2D eigenvalue weighted by atomic mass is 10.1. The Kier molecular flexibility index (Phi) is 5.87. The first-order valence-corrected chi connectivity index (χ1v) is 9.24. The lowest BCUT2D eigenvalue weighted by Gasteiger charge is -2.21. The molecule has 0 bridgehead atoms. The van der Waals surface area contributed by atoms with Crippen molar-refractivity contribution in [2.24, 2.45) is 5.10 Å². The highest BCUT2D eigenvalue weighted by molar-refractivity contribution is 7.92. The van der Waals surface area contributed by atoms with Gasteiger partial charge in [0.05, 0.1) is 17.7 Å². The van der Waals surface area contributed by atoms with Crippen LogP contribution in [0.25, 0.3) is 0 Å². The third-order valence-corrected chi connectivity index (χ3v) is 4.48. The standard InChI is InChI=1S/C17H18FN3O3S/c1-13(14-8-4-3-5-9-14)19-20-17(22)12-21(25(2,23)24)16-11-7-6-10-15(16)18/h3-11H,12H2,1-2H3,(H,20,22)/b19-13-. The zero-order valence-electron chi connectivity index (χ0n) is 13.8. The van der Waals surface area contributed by atoms with Crippen LogP contribution >= 0.6 is 0 Å². The molecule has 0 aliphatic carbocycles. The van der Waals surface area contributed by atoms with E-state index >= 15 is 0 Å². The summed E-state index contributed by atoms with van der Waals surface area (Å²) in [6, 6.07) is 14.5. The van der Waals surface area contributed by atoms with Crippen molar-refractivity contribution in [1.29, 1.82) is 0 Å². The Morgan fingerprint density at radius 3 is 2.32 bits per heavy atom. The minimum Gasteiger partial charge on any atom is -0.271 e. The molecule has 0 aliphatic rings. The molecule has 1 amide bonds. The minimum atomic E-state index is -3.84. The van der Waals surface area contributed by atoms with Gasteiger partial charge in [-0.2, -0.15) is 5.10 Å². The van der Waals surface area contributed by atoms with Gasteiger partial charge in [0.2, 0.25) is 10.0 Å². The Balaban J connectivity index is 2.15. The first kappa shape index (κ1) is 18.6. The number of sulfonamides is 1. The number of rotatable bonds is 6. The topological polar surface area (TPSA) is 78.8 Å². The fourth-order valence-electron chi connectivity index (χ4n) is 2.09. The average Bonchev–Trinajstić information content (AvgIpc) is 2.58. The molecule has 132 valence electrons. The summed E-state index contributed by atoms with van der Waals surface area (Å²) < 4.78 is 38.4. The molecule has 1 N–H and O–H groups in total. The van der Waals surface area contributed by atoms with Crippen molar-refractivity contribution in [3.63, 3.8) is 0 Å². The van der Waals surface area contributed by atoms with Crippen LogP contribution in [0, 0.1) is 5.82 Å². The van der Waals surface area contributed by atoms with Crippen molar-refractivity contribution >= 4 is 27.3 Å². The molecule has 2 rings (SSSR count). The van der Waals surface area contributed by atoms with Gasteiger partial charge in [0.25, 0.3) is 5.91 Å². The normalized spacial score (nSPS) is 11.9. The molecule has 0 saturated carbocycles. The second-order valence-corrected chi connectivity index (χ2v) is 7.23. The maximum Gasteiger partial charge on any atom is 0.260 e. The van der Waals surface area contributed by atoms with E-state index in [1.165, 1.54) is 18.2 Å². The van der Waals surface area contributed by atoms with Gasteiger partial charge in [0.1, 0.15) is 12.4 Å². The number of nitrogens with zero attached hydrogens (tertiary/aromatic N) is 2. The molecular weight excluding hydrogens is 345 g/mol. The van der Waals surface area contributed by atoms with Gasteiger partial charge in [-0.15, -0.1) is 0 Å². The summed E-state index contributed by atoms with van der Waals surface area (Å²) in [4.78, 5) is 12.1. The van der Waals surface area contributed by atoms with Crippen LogP contribution < -0.4 is 9.73 Å². The maximum absolute atomic E-state index is 13.9. The largest absolute Gasteiger partial charge is 0.271 e. The second kappa shape index (κ2) is 7.89. The number of carbonyl (C=O) groups is 1. The summed E-state index contributed by atoms with van der Waals surface area (Å²) in [6.45, 7) is 1.13. The number of hydrogen-bond donors (Lipinski definition) is 1. The molecule has 0 heterocycles. The third kappa shape index (κ3) is 5.12. The van der Waals surface area contributed by atoms with Crippen molar-refractivity contribution in [1.82, 2.24) is 5.43 Å². The predicted molar refractivity (Wildman–Crippen MR) is 95.4 cm³/mol. The summed E-state index contributed by atoms with van der Waals surface area (Å²) in [6.07, 6.45) is 0.908. The van der Waals surface area contributed by atoms with Crippen LogP contribution in [0.2, 0.25) is 0 Å². The van der Waals surface area contributed by atoms with Gasteiger partial charge in [-0.05, 0) is 24.6 Å². The van der Waals surface area contributed by atoms with Gasteiger partial charge in [-0.25, -0.2) is 18.2 Å². The van der Waals surface area contributed by atoms with Crippen LogP contribution in [-0.4, -0.2) is 32.8 Å². The van der Waals surface area contributed by atoms with E-state index < -0.39 is 28.3 Å². The summed E-state index contributed by atoms with van der Waals surface area (Å²) >= 11 is 0. The van der Waals surface area contributed by atoms with Crippen LogP contribution in [0.5, 0.6) is 0 Å². The van der Waals surface area contributed by atoms with Gasteiger partial charge in [-0.1, -0.05) is 42.5 Å². The van der Waals surface area contributed by atoms with Crippen molar-refractivity contribution < 1.29 is 17.6 Å². The molecule has 8 heteroatoms. The van der Waals surface area contributed by atoms with Gasteiger partial charge in [0, 0.05) is 0 Å². The number of anilines is 1. The van der Waals surface area contributed by atoms with Crippen LogP contribution in [-0.2, 0) is 14.8 Å². The van der Waals surface area contributed by atoms with Crippen molar-refractivity contribution in [3.8, 4) is 0 Å². The highest BCUT2D eigenvalue weighted by Gasteiger charge is 2.23. The molecule has 0 spiro atoms. The van der Waals surface area contributed by atoms with Crippen LogP contribution in [0.4, 0.5) is 10.1 Å². The Morgan fingerprint density at radius 2 is 1.72 bits per heavy atom. The van der Waals surface area contributed by atoms with E-state index in [0.717, 1.165) is 17.9 Å². The van der Waals surface area contributed by atoms with Gasteiger partial charge >= 0.3 is 0 Å². The van der Waals surface area contributed by atoms with Crippen molar-refractivity contribution in [3.05, 3.63) is 66.0 Å². The van der Waals surface area contributed by atoms with E-state index in [-0.39, 0.29) is 5.69 Å². The molecule has 0 atom stereocenters. The molecule has 25 heavy (non-hydrogen) atoms. The Bertz CT molecular complexity index is 883. The lowest BCUT2D eigenvalue weighted by Crippen LogP contribution is -2.39. The highest BCUT2D eigenvalue weighted by Crippen LogP contribution is 2.20. The maximum atomic E-state index is 13.9. The number of amides is 1. The van der Waals surface area contributed by atoms with Crippen LogP contribution in [0.3, 0.4) is 0 Å². The summed E-state index contributed by atoms with van der Waals surface area (Å²) in [5.74, 6) is -1.41. The summed E-state index contributed by atoms with van der Waals surface area (Å²) in [7, 11) is -3.84. The van der Waals surface area contributed by atoms with Crippen LogP contribution in [0.15, 0.2) is 59.7 Å². The van der Waals surface area contributed by atoms with Crippen molar-refractivity contribution in [2.45, 2.75) is 6.92 Å². The number of benzene rings is 2. The average molecular weight is 363 g/mol. The number of carbonyl (C=O) groups excluding carboxylic acids is 1. The van der Waals surface area contributed by atoms with E-state index in [1.54, 1.807) is 6.92 Å². The number of para-hydroxylation sites is 1.